The van der Waals surface area contributed by atoms with E-state index in [1.807, 2.05) is 0 Å². The molecule has 0 fully saturated rings. The lowest BCUT2D eigenvalue weighted by Gasteiger charge is -2.34. The van der Waals surface area contributed by atoms with Gasteiger partial charge in [0.05, 0.1) is 51.6 Å². The number of cyclic esters (lactones) is 1. The van der Waals surface area contributed by atoms with Gasteiger partial charge in [0.15, 0.2) is 0 Å². The summed E-state index contributed by atoms with van der Waals surface area (Å²) in [5, 5.41) is 0.654. The lowest BCUT2D eigenvalue weighted by Crippen LogP contribution is -2.41. The van der Waals surface area contributed by atoms with E-state index in [1.165, 1.54) is 34.5 Å². The number of benzene rings is 2. The van der Waals surface area contributed by atoms with Gasteiger partial charge < -0.3 is 23.7 Å². The van der Waals surface area contributed by atoms with Crippen LogP contribution in [-0.2, 0) is 30.2 Å². The highest BCUT2D eigenvalue weighted by atomic mass is 16.6. The van der Waals surface area contributed by atoms with Crippen LogP contribution in [-0.4, -0.2) is 57.9 Å². The average molecular weight is 430 g/mol. The molecule has 0 aromatic heterocycles. The fourth-order valence-electron chi connectivity index (χ4n) is 3.83. The quantitative estimate of drug-likeness (QED) is 0.521. The van der Waals surface area contributed by atoms with Crippen molar-refractivity contribution < 1.29 is 42.9 Å². The van der Waals surface area contributed by atoms with Crippen LogP contribution in [0, 0.1) is 0 Å². The van der Waals surface area contributed by atoms with E-state index < -0.39 is 29.5 Å². The van der Waals surface area contributed by atoms with Gasteiger partial charge in [-0.1, -0.05) is 0 Å². The summed E-state index contributed by atoms with van der Waals surface area (Å²) in [7, 11) is 5.06. The molecule has 0 bridgehead atoms. The number of hydrogen-bond acceptors (Lipinski definition) is 9. The Bertz CT molecular complexity index is 1100. The molecule has 9 nitrogen and oxygen atoms in total. The normalized spacial score (nSPS) is 17.4. The summed E-state index contributed by atoms with van der Waals surface area (Å²) in [6.07, 6.45) is -0.0142. The molecule has 164 valence electrons. The second-order valence-electron chi connectivity index (χ2n) is 7.31. The summed E-state index contributed by atoms with van der Waals surface area (Å²) in [6, 6.07) is 4.72. The maximum atomic E-state index is 13.0. The van der Waals surface area contributed by atoms with Crippen LogP contribution in [0.1, 0.15) is 50.0 Å². The van der Waals surface area contributed by atoms with E-state index in [4.69, 9.17) is 23.7 Å². The summed E-state index contributed by atoms with van der Waals surface area (Å²) < 4.78 is 25.3. The number of carbonyl (C=O) groups excluding carboxylic acids is 4. The van der Waals surface area contributed by atoms with E-state index in [9.17, 15) is 19.2 Å². The van der Waals surface area contributed by atoms with Crippen LogP contribution in [0.2, 0.25) is 0 Å². The van der Waals surface area contributed by atoms with E-state index in [2.05, 4.69) is 0 Å². The smallest absolute Gasteiger partial charge is 0.339 e. The molecular weight excluding hydrogens is 408 g/mol. The average Bonchev–Trinajstić information content (AvgIpc) is 2.74. The number of carbonyl (C=O) groups is 4. The van der Waals surface area contributed by atoms with Gasteiger partial charge in [-0.05, 0) is 36.1 Å². The topological polar surface area (TPSA) is 114 Å². The Balaban J connectivity index is 2.36. The number of esters is 4. The summed E-state index contributed by atoms with van der Waals surface area (Å²) in [5.41, 5.74) is -0.780. The maximum absolute atomic E-state index is 13.0. The molecule has 0 N–H and O–H groups in total. The number of ether oxygens (including phenoxy) is 5. The number of methoxy groups -OCH3 is 4. The molecule has 0 radical (unpaired) electrons. The fourth-order valence-corrected chi connectivity index (χ4v) is 3.83. The Morgan fingerprint density at radius 3 is 2.26 bits per heavy atom. The molecule has 0 saturated heterocycles. The molecule has 0 aliphatic carbocycles. The molecule has 0 amide bonds. The highest BCUT2D eigenvalue weighted by Gasteiger charge is 2.42. The third-order valence-electron chi connectivity index (χ3n) is 5.18. The lowest BCUT2D eigenvalue weighted by molar-refractivity contribution is -0.146. The van der Waals surface area contributed by atoms with Crippen LogP contribution in [0.25, 0.3) is 10.8 Å². The van der Waals surface area contributed by atoms with Gasteiger partial charge in [-0.25, -0.2) is 14.4 Å². The monoisotopic (exact) mass is 430 g/mol. The van der Waals surface area contributed by atoms with Gasteiger partial charge in [0.1, 0.15) is 11.4 Å². The molecule has 31 heavy (non-hydrogen) atoms. The van der Waals surface area contributed by atoms with Crippen molar-refractivity contribution in [3.63, 3.8) is 0 Å². The van der Waals surface area contributed by atoms with Crippen molar-refractivity contribution in [3.05, 3.63) is 40.5 Å². The molecule has 0 spiro atoms. The third-order valence-corrected chi connectivity index (χ3v) is 5.18. The second kappa shape index (κ2) is 8.25. The highest BCUT2D eigenvalue weighted by Crippen LogP contribution is 2.39. The minimum atomic E-state index is -1.16. The first-order valence-electron chi connectivity index (χ1n) is 9.32. The zero-order valence-corrected chi connectivity index (χ0v) is 17.8. The van der Waals surface area contributed by atoms with Gasteiger partial charge in [-0.2, -0.15) is 0 Å². The van der Waals surface area contributed by atoms with Crippen molar-refractivity contribution in [1.29, 1.82) is 0 Å². The molecule has 2 aromatic rings. The standard InChI is InChI=1S/C22H22O9/c1-22(10-15(23)28-3)9-12-6-11-7-13(27-2)8-14(19(24)29-4)16(11)18(20(25)30-5)17(12)21(26)31-22/h6-8H,9-10H2,1-5H3/t22-/m0/s1. The number of fused-ring (bicyclic) bond motifs is 2. The molecule has 1 aliphatic heterocycles. The minimum absolute atomic E-state index is 0.0167. The van der Waals surface area contributed by atoms with Crippen LogP contribution in [0.15, 0.2) is 18.2 Å². The zero-order valence-electron chi connectivity index (χ0n) is 17.8. The van der Waals surface area contributed by atoms with Crippen molar-refractivity contribution in [1.82, 2.24) is 0 Å². The maximum Gasteiger partial charge on any atom is 0.339 e. The fraction of sp³-hybridized carbons (Fsp3) is 0.364. The molecule has 1 atom stereocenters. The van der Waals surface area contributed by atoms with Crippen molar-refractivity contribution in [2.24, 2.45) is 0 Å². The SMILES string of the molecule is COC(=O)C[C@]1(C)Cc2cc3cc(OC)cc(C(=O)OC)c3c(C(=O)OC)c2C(=O)O1. The van der Waals surface area contributed by atoms with Gasteiger partial charge >= 0.3 is 23.9 Å². The number of rotatable bonds is 5. The van der Waals surface area contributed by atoms with E-state index >= 15 is 0 Å². The molecule has 0 unspecified atom stereocenters. The van der Waals surface area contributed by atoms with E-state index in [0.717, 1.165) is 0 Å². The largest absolute Gasteiger partial charge is 0.497 e. The van der Waals surface area contributed by atoms with Crippen molar-refractivity contribution in [3.8, 4) is 5.75 Å². The van der Waals surface area contributed by atoms with Crippen LogP contribution >= 0.6 is 0 Å². The van der Waals surface area contributed by atoms with Crippen LogP contribution in [0.4, 0.5) is 0 Å². The molecule has 1 aliphatic rings. The van der Waals surface area contributed by atoms with Crippen molar-refractivity contribution >= 4 is 34.6 Å². The third kappa shape index (κ3) is 3.90. The van der Waals surface area contributed by atoms with E-state index in [0.29, 0.717) is 16.7 Å². The Kier molecular flexibility index (Phi) is 5.88. The Labute approximate surface area is 178 Å². The van der Waals surface area contributed by atoms with Gasteiger partial charge in [0, 0.05) is 11.8 Å². The molecule has 0 saturated carbocycles. The zero-order chi connectivity index (χ0) is 22.9. The minimum Gasteiger partial charge on any atom is -0.497 e. The molecule has 2 aromatic carbocycles. The van der Waals surface area contributed by atoms with Gasteiger partial charge in [0.2, 0.25) is 0 Å². The summed E-state index contributed by atoms with van der Waals surface area (Å²) in [4.78, 5) is 50.1. The predicted molar refractivity (Wildman–Crippen MR) is 107 cm³/mol. The molecule has 1 heterocycles. The van der Waals surface area contributed by atoms with Gasteiger partial charge in [-0.3, -0.25) is 4.79 Å². The first-order chi connectivity index (χ1) is 14.7. The molecular formula is C22H22O9. The van der Waals surface area contributed by atoms with Crippen molar-refractivity contribution in [2.75, 3.05) is 28.4 Å². The van der Waals surface area contributed by atoms with Gasteiger partial charge in [-0.15, -0.1) is 0 Å². The lowest BCUT2D eigenvalue weighted by atomic mass is 9.82. The molecule has 3 rings (SSSR count). The summed E-state index contributed by atoms with van der Waals surface area (Å²) in [5.74, 6) is -2.51. The first kappa shape index (κ1) is 22.1. The van der Waals surface area contributed by atoms with E-state index in [-0.39, 0.29) is 34.9 Å². The first-order valence-corrected chi connectivity index (χ1v) is 9.32. The van der Waals surface area contributed by atoms with Crippen LogP contribution < -0.4 is 4.74 Å². The van der Waals surface area contributed by atoms with E-state index in [1.54, 1.807) is 19.1 Å². The predicted octanol–water partition coefficient (Wildman–Crippen LogP) is 2.46. The summed E-state index contributed by atoms with van der Waals surface area (Å²) in [6.45, 7) is 1.61. The van der Waals surface area contributed by atoms with Crippen molar-refractivity contribution in [2.45, 2.75) is 25.4 Å². The highest BCUT2D eigenvalue weighted by molar-refractivity contribution is 6.19. The molecule has 9 heteroatoms. The Hall–Kier alpha value is -3.62. The second-order valence-corrected chi connectivity index (χ2v) is 7.31. The van der Waals surface area contributed by atoms with Gasteiger partial charge in [0.25, 0.3) is 0 Å². The van der Waals surface area contributed by atoms with Crippen LogP contribution in [0.5, 0.6) is 5.75 Å². The Morgan fingerprint density at radius 2 is 1.68 bits per heavy atom. The summed E-state index contributed by atoms with van der Waals surface area (Å²) >= 11 is 0. The number of hydrogen-bond donors (Lipinski definition) is 0. The Morgan fingerprint density at radius 1 is 1.00 bits per heavy atom. The van der Waals surface area contributed by atoms with Crippen LogP contribution in [0.3, 0.4) is 0 Å².